The molecule has 1 aromatic carbocycles. The van der Waals surface area contributed by atoms with Crippen LogP contribution in [0.1, 0.15) is 18.4 Å². The first-order valence-corrected chi connectivity index (χ1v) is 7.38. The molecule has 0 aliphatic heterocycles. The van der Waals surface area contributed by atoms with Gasteiger partial charge in [0.2, 0.25) is 11.8 Å². The van der Waals surface area contributed by atoms with Crippen LogP contribution in [0.4, 0.5) is 5.69 Å². The van der Waals surface area contributed by atoms with Crippen LogP contribution in [-0.4, -0.2) is 43.9 Å². The molecule has 21 heavy (non-hydrogen) atoms. The maximum Gasteiger partial charge on any atom is 0.227 e. The van der Waals surface area contributed by atoms with Crippen molar-refractivity contribution in [3.63, 3.8) is 0 Å². The Bertz CT molecular complexity index is 495. The number of likely N-dealkylation sites (N-methyl/N-ethyl adjacent to an activating group) is 2. The molecule has 0 bridgehead atoms. The highest BCUT2D eigenvalue weighted by Gasteiger charge is 2.29. The van der Waals surface area contributed by atoms with E-state index < -0.39 is 0 Å². The summed E-state index contributed by atoms with van der Waals surface area (Å²) in [6.07, 6.45) is 2.38. The zero-order valence-corrected chi connectivity index (χ0v) is 12.7. The number of benzene rings is 1. The molecule has 1 aliphatic carbocycles. The van der Waals surface area contributed by atoms with Crippen molar-refractivity contribution in [1.82, 2.24) is 10.2 Å². The van der Waals surface area contributed by atoms with E-state index in [1.165, 1.54) is 0 Å². The number of nitrogens with zero attached hydrogens (tertiary/aromatic N) is 1. The Morgan fingerprint density at radius 3 is 2.48 bits per heavy atom. The lowest BCUT2D eigenvalue weighted by molar-refractivity contribution is -0.129. The first-order valence-electron chi connectivity index (χ1n) is 7.38. The molecule has 5 heteroatoms. The largest absolute Gasteiger partial charge is 0.344 e. The van der Waals surface area contributed by atoms with E-state index in [0.29, 0.717) is 13.0 Å². The number of rotatable bonds is 7. The molecular weight excluding hydrogens is 266 g/mol. The molecule has 0 spiro atoms. The zero-order chi connectivity index (χ0) is 15.2. The summed E-state index contributed by atoms with van der Waals surface area (Å²) >= 11 is 0. The number of carbonyl (C=O) groups is 2. The van der Waals surface area contributed by atoms with Crippen LogP contribution in [0.3, 0.4) is 0 Å². The lowest BCUT2D eigenvalue weighted by Crippen LogP contribution is -2.33. The number of carbonyl (C=O) groups excluding carboxylic acids is 2. The van der Waals surface area contributed by atoms with Gasteiger partial charge in [-0.25, -0.2) is 0 Å². The maximum absolute atomic E-state index is 12.0. The second-order valence-corrected chi connectivity index (χ2v) is 5.56. The quantitative estimate of drug-likeness (QED) is 0.794. The Morgan fingerprint density at radius 2 is 1.90 bits per heavy atom. The minimum Gasteiger partial charge on any atom is -0.344 e. The maximum atomic E-state index is 12.0. The molecule has 5 nitrogen and oxygen atoms in total. The van der Waals surface area contributed by atoms with Crippen molar-refractivity contribution in [2.24, 2.45) is 5.92 Å². The monoisotopic (exact) mass is 289 g/mol. The molecule has 1 fully saturated rings. The van der Waals surface area contributed by atoms with Gasteiger partial charge in [0.15, 0.2) is 0 Å². The molecule has 0 unspecified atom stereocenters. The van der Waals surface area contributed by atoms with Gasteiger partial charge in [-0.1, -0.05) is 12.1 Å². The molecule has 1 aliphatic rings. The van der Waals surface area contributed by atoms with Crippen molar-refractivity contribution in [2.75, 3.05) is 32.5 Å². The van der Waals surface area contributed by atoms with Crippen molar-refractivity contribution in [3.05, 3.63) is 29.8 Å². The van der Waals surface area contributed by atoms with Crippen molar-refractivity contribution in [3.8, 4) is 0 Å². The van der Waals surface area contributed by atoms with Gasteiger partial charge in [-0.3, -0.25) is 9.59 Å². The normalized spacial score (nSPS) is 13.8. The van der Waals surface area contributed by atoms with E-state index in [2.05, 4.69) is 10.6 Å². The number of hydrogen-bond donors (Lipinski definition) is 2. The lowest BCUT2D eigenvalue weighted by atomic mass is 10.1. The molecule has 1 saturated carbocycles. The average molecular weight is 289 g/mol. The van der Waals surface area contributed by atoms with E-state index >= 15 is 0 Å². The minimum absolute atomic E-state index is 0.0972. The third kappa shape index (κ3) is 4.86. The molecule has 2 rings (SSSR count). The van der Waals surface area contributed by atoms with Gasteiger partial charge < -0.3 is 15.5 Å². The summed E-state index contributed by atoms with van der Waals surface area (Å²) < 4.78 is 0. The summed E-state index contributed by atoms with van der Waals surface area (Å²) in [5, 5.41) is 5.92. The highest BCUT2D eigenvalue weighted by atomic mass is 16.2. The van der Waals surface area contributed by atoms with E-state index in [9.17, 15) is 9.59 Å². The lowest BCUT2D eigenvalue weighted by Gasteiger charge is -2.17. The second-order valence-electron chi connectivity index (χ2n) is 5.56. The van der Waals surface area contributed by atoms with Crippen LogP contribution in [-0.2, 0) is 16.0 Å². The number of anilines is 1. The van der Waals surface area contributed by atoms with E-state index in [4.69, 9.17) is 0 Å². The van der Waals surface area contributed by atoms with Crippen LogP contribution in [0.2, 0.25) is 0 Å². The molecule has 0 heterocycles. The molecule has 0 atom stereocenters. The van der Waals surface area contributed by atoms with Gasteiger partial charge in [0.25, 0.3) is 0 Å². The summed E-state index contributed by atoms with van der Waals surface area (Å²) in [5.74, 6) is 0.401. The molecule has 2 N–H and O–H groups in total. The van der Waals surface area contributed by atoms with Gasteiger partial charge in [-0.15, -0.1) is 0 Å². The van der Waals surface area contributed by atoms with Gasteiger partial charge in [-0.05, 0) is 37.6 Å². The van der Waals surface area contributed by atoms with Crippen LogP contribution in [0.15, 0.2) is 24.3 Å². The fraction of sp³-hybridized carbons (Fsp3) is 0.500. The van der Waals surface area contributed by atoms with Crippen molar-refractivity contribution in [1.29, 1.82) is 0 Å². The predicted octanol–water partition coefficient (Wildman–Crippen LogP) is 1.26. The summed E-state index contributed by atoms with van der Waals surface area (Å²) in [6.45, 7) is 1.49. The first kappa shape index (κ1) is 15.5. The Labute approximate surface area is 125 Å². The van der Waals surface area contributed by atoms with Crippen molar-refractivity contribution < 1.29 is 9.59 Å². The summed E-state index contributed by atoms with van der Waals surface area (Å²) in [7, 11) is 3.68. The summed E-state index contributed by atoms with van der Waals surface area (Å²) in [5.41, 5.74) is 1.76. The number of hydrogen-bond acceptors (Lipinski definition) is 3. The van der Waals surface area contributed by atoms with Crippen LogP contribution in [0.5, 0.6) is 0 Å². The van der Waals surface area contributed by atoms with Crippen LogP contribution >= 0.6 is 0 Å². The van der Waals surface area contributed by atoms with E-state index in [1.54, 1.807) is 4.90 Å². The second kappa shape index (κ2) is 7.22. The van der Waals surface area contributed by atoms with Gasteiger partial charge >= 0.3 is 0 Å². The number of amides is 2. The highest BCUT2D eigenvalue weighted by Crippen LogP contribution is 2.30. The van der Waals surface area contributed by atoms with Crippen LogP contribution in [0, 0.1) is 5.92 Å². The predicted molar refractivity (Wildman–Crippen MR) is 83.1 cm³/mol. The van der Waals surface area contributed by atoms with E-state index in [1.807, 2.05) is 38.4 Å². The fourth-order valence-electron chi connectivity index (χ4n) is 2.01. The summed E-state index contributed by atoms with van der Waals surface area (Å²) in [6, 6.07) is 7.51. The Hall–Kier alpha value is -1.88. The van der Waals surface area contributed by atoms with Gasteiger partial charge in [-0.2, -0.15) is 0 Å². The third-order valence-corrected chi connectivity index (χ3v) is 3.65. The average Bonchev–Trinajstić information content (AvgIpc) is 3.31. The molecule has 0 aromatic heterocycles. The van der Waals surface area contributed by atoms with Crippen LogP contribution < -0.4 is 10.6 Å². The Kier molecular flexibility index (Phi) is 5.33. The zero-order valence-electron chi connectivity index (χ0n) is 12.7. The Balaban J connectivity index is 1.83. The standard InChI is InChI=1S/C16H23N3O2/c1-17-9-10-19(2)15(20)11-12-3-7-14(8-4-12)18-16(21)13-5-6-13/h3-4,7-8,13,17H,5-6,9-11H2,1-2H3,(H,18,21). The first-order chi connectivity index (χ1) is 10.1. The smallest absolute Gasteiger partial charge is 0.227 e. The molecular formula is C16H23N3O2. The van der Waals surface area contributed by atoms with Crippen LogP contribution in [0.25, 0.3) is 0 Å². The number of nitrogens with one attached hydrogen (secondary N) is 2. The molecule has 0 radical (unpaired) electrons. The molecule has 114 valence electrons. The van der Waals surface area contributed by atoms with E-state index in [0.717, 1.165) is 30.6 Å². The van der Waals surface area contributed by atoms with Gasteiger partial charge in [0.1, 0.15) is 0 Å². The van der Waals surface area contributed by atoms with Crippen molar-refractivity contribution >= 4 is 17.5 Å². The van der Waals surface area contributed by atoms with Crippen molar-refractivity contribution in [2.45, 2.75) is 19.3 Å². The SMILES string of the molecule is CNCCN(C)C(=O)Cc1ccc(NC(=O)C2CC2)cc1. The third-order valence-electron chi connectivity index (χ3n) is 3.65. The molecule has 1 aromatic rings. The fourth-order valence-corrected chi connectivity index (χ4v) is 2.01. The van der Waals surface area contributed by atoms with Gasteiger partial charge in [0, 0.05) is 31.7 Å². The van der Waals surface area contributed by atoms with Gasteiger partial charge in [0.05, 0.1) is 6.42 Å². The topological polar surface area (TPSA) is 61.4 Å². The molecule has 0 saturated heterocycles. The highest BCUT2D eigenvalue weighted by molar-refractivity contribution is 5.94. The molecule has 2 amide bonds. The summed E-state index contributed by atoms with van der Waals surface area (Å²) in [4.78, 5) is 25.4. The minimum atomic E-state index is 0.0972. The Morgan fingerprint density at radius 1 is 1.24 bits per heavy atom. The van der Waals surface area contributed by atoms with E-state index in [-0.39, 0.29) is 17.7 Å².